The summed E-state index contributed by atoms with van der Waals surface area (Å²) in [5.74, 6) is 0.873. The Labute approximate surface area is 96.0 Å². The van der Waals surface area contributed by atoms with Gasteiger partial charge in [0, 0.05) is 12.3 Å². The Hall–Kier alpha value is -2.30. The lowest BCUT2D eigenvalue weighted by molar-refractivity contribution is 0.101. The zero-order valence-electron chi connectivity index (χ0n) is 9.07. The average Bonchev–Trinajstić information content (AvgIpc) is 2.73. The summed E-state index contributed by atoms with van der Waals surface area (Å²) >= 11 is 0. The summed E-state index contributed by atoms with van der Waals surface area (Å²) in [4.78, 5) is 26.2. The molecule has 17 heavy (non-hydrogen) atoms. The summed E-state index contributed by atoms with van der Waals surface area (Å²) in [5.41, 5.74) is 0.491. The molecule has 5 nitrogen and oxygen atoms in total. The lowest BCUT2D eigenvalue weighted by Crippen LogP contribution is -2.13. The van der Waals surface area contributed by atoms with Gasteiger partial charge in [-0.15, -0.1) is 0 Å². The highest BCUT2D eigenvalue weighted by Crippen LogP contribution is 2.34. The highest BCUT2D eigenvalue weighted by atomic mass is 16.7. The second-order valence-electron chi connectivity index (χ2n) is 3.84. The van der Waals surface area contributed by atoms with E-state index in [4.69, 9.17) is 9.47 Å². The molecule has 5 heteroatoms. The summed E-state index contributed by atoms with van der Waals surface area (Å²) in [7, 11) is 0. The molecule has 0 fully saturated rings. The van der Waals surface area contributed by atoms with E-state index in [1.54, 1.807) is 12.1 Å². The van der Waals surface area contributed by atoms with Crippen molar-refractivity contribution in [2.45, 2.75) is 6.92 Å². The SMILES string of the molecule is CC(=O)c1c[nH]c2cc3c(cc2c1=O)OCO3. The molecule has 3 rings (SSSR count). The molecule has 1 aliphatic heterocycles. The van der Waals surface area contributed by atoms with Gasteiger partial charge in [-0.2, -0.15) is 0 Å². The monoisotopic (exact) mass is 231 g/mol. The number of aromatic amines is 1. The van der Waals surface area contributed by atoms with Crippen molar-refractivity contribution in [3.8, 4) is 11.5 Å². The molecule has 1 aromatic carbocycles. The van der Waals surface area contributed by atoms with Crippen LogP contribution in [0, 0.1) is 0 Å². The van der Waals surface area contributed by atoms with Crippen LogP contribution in [0.1, 0.15) is 17.3 Å². The quantitative estimate of drug-likeness (QED) is 0.754. The van der Waals surface area contributed by atoms with Crippen molar-refractivity contribution >= 4 is 16.7 Å². The van der Waals surface area contributed by atoms with Crippen LogP contribution >= 0.6 is 0 Å². The fourth-order valence-electron chi connectivity index (χ4n) is 1.87. The second kappa shape index (κ2) is 3.35. The van der Waals surface area contributed by atoms with Gasteiger partial charge in [-0.1, -0.05) is 0 Å². The maximum absolute atomic E-state index is 12.0. The third-order valence-electron chi connectivity index (χ3n) is 2.75. The predicted octanol–water partition coefficient (Wildman–Crippen LogP) is 1.46. The minimum atomic E-state index is -0.287. The van der Waals surface area contributed by atoms with Crippen molar-refractivity contribution in [2.75, 3.05) is 6.79 Å². The van der Waals surface area contributed by atoms with Crippen LogP contribution in [0.3, 0.4) is 0 Å². The lowest BCUT2D eigenvalue weighted by atomic mass is 10.1. The topological polar surface area (TPSA) is 68.4 Å². The molecule has 0 radical (unpaired) electrons. The third-order valence-corrected chi connectivity index (χ3v) is 2.75. The van der Waals surface area contributed by atoms with E-state index in [-0.39, 0.29) is 23.6 Å². The molecule has 1 N–H and O–H groups in total. The number of carbonyl (C=O) groups is 1. The van der Waals surface area contributed by atoms with Crippen LogP contribution < -0.4 is 14.9 Å². The number of benzene rings is 1. The number of ether oxygens (including phenoxy) is 2. The maximum Gasteiger partial charge on any atom is 0.231 e. The number of rotatable bonds is 1. The fraction of sp³-hybridized carbons (Fsp3) is 0.167. The summed E-state index contributed by atoms with van der Waals surface area (Å²) in [6, 6.07) is 3.30. The van der Waals surface area contributed by atoms with Gasteiger partial charge in [0.15, 0.2) is 22.7 Å². The molecule has 0 aliphatic carbocycles. The number of fused-ring (bicyclic) bond motifs is 2. The lowest BCUT2D eigenvalue weighted by Gasteiger charge is -2.02. The average molecular weight is 231 g/mol. The van der Waals surface area contributed by atoms with Crippen molar-refractivity contribution in [2.24, 2.45) is 0 Å². The van der Waals surface area contributed by atoms with Gasteiger partial charge in [0.1, 0.15) is 0 Å². The first-order valence-corrected chi connectivity index (χ1v) is 5.13. The van der Waals surface area contributed by atoms with Crippen LogP contribution in [0.5, 0.6) is 11.5 Å². The standard InChI is InChI=1S/C12H9NO4/c1-6(14)8-4-13-9-3-11-10(16-5-17-11)2-7(9)12(8)15/h2-4H,5H2,1H3,(H,13,15). The van der Waals surface area contributed by atoms with E-state index in [0.29, 0.717) is 22.4 Å². The zero-order chi connectivity index (χ0) is 12.0. The summed E-state index contributed by atoms with van der Waals surface area (Å²) in [5, 5.41) is 0.432. The molecule has 0 bridgehead atoms. The molecule has 0 atom stereocenters. The molecule has 1 aromatic heterocycles. The number of aromatic nitrogens is 1. The van der Waals surface area contributed by atoms with Crippen LogP contribution in [-0.2, 0) is 0 Å². The molecule has 0 saturated carbocycles. The van der Waals surface area contributed by atoms with E-state index in [1.165, 1.54) is 13.1 Å². The van der Waals surface area contributed by atoms with E-state index >= 15 is 0 Å². The number of ketones is 1. The molecular weight excluding hydrogens is 222 g/mol. The molecule has 1 aliphatic rings. The van der Waals surface area contributed by atoms with Gasteiger partial charge in [0.05, 0.1) is 16.5 Å². The van der Waals surface area contributed by atoms with E-state index in [9.17, 15) is 9.59 Å². The highest BCUT2D eigenvalue weighted by Gasteiger charge is 2.17. The third kappa shape index (κ3) is 1.39. The van der Waals surface area contributed by atoms with Crippen molar-refractivity contribution < 1.29 is 14.3 Å². The molecular formula is C12H9NO4. The number of Topliss-reactive ketones (excluding diaryl/α,β-unsaturated/α-hetero) is 1. The van der Waals surface area contributed by atoms with E-state index < -0.39 is 0 Å². The Kier molecular flexibility index (Phi) is 1.95. The van der Waals surface area contributed by atoms with Crippen molar-refractivity contribution in [1.29, 1.82) is 0 Å². The van der Waals surface area contributed by atoms with Crippen molar-refractivity contribution in [3.63, 3.8) is 0 Å². The Bertz CT molecular complexity index is 687. The molecule has 86 valence electrons. The number of nitrogens with one attached hydrogen (secondary N) is 1. The molecule has 0 spiro atoms. The van der Waals surface area contributed by atoms with E-state index in [1.807, 2.05) is 0 Å². The van der Waals surface area contributed by atoms with Crippen LogP contribution in [0.2, 0.25) is 0 Å². The first-order valence-electron chi connectivity index (χ1n) is 5.13. The number of carbonyl (C=O) groups excluding carboxylic acids is 1. The highest BCUT2D eigenvalue weighted by molar-refractivity contribution is 5.97. The zero-order valence-corrected chi connectivity index (χ0v) is 9.07. The fourth-order valence-corrected chi connectivity index (χ4v) is 1.87. The normalized spacial score (nSPS) is 13.0. The Morgan fingerprint density at radius 2 is 2.00 bits per heavy atom. The van der Waals surface area contributed by atoms with Crippen molar-refractivity contribution in [1.82, 2.24) is 4.98 Å². The van der Waals surface area contributed by atoms with Gasteiger partial charge in [-0.05, 0) is 13.0 Å². The molecule has 0 saturated heterocycles. The van der Waals surface area contributed by atoms with Crippen molar-refractivity contribution in [3.05, 3.63) is 34.1 Å². The Morgan fingerprint density at radius 3 is 2.71 bits per heavy atom. The van der Waals surface area contributed by atoms with Crippen LogP contribution in [-0.4, -0.2) is 17.6 Å². The number of hydrogen-bond donors (Lipinski definition) is 1. The molecule has 2 aromatic rings. The van der Waals surface area contributed by atoms with Gasteiger partial charge >= 0.3 is 0 Å². The summed E-state index contributed by atoms with van der Waals surface area (Å²) in [6.07, 6.45) is 1.43. The van der Waals surface area contributed by atoms with Gasteiger partial charge in [-0.3, -0.25) is 9.59 Å². The van der Waals surface area contributed by atoms with E-state index in [0.717, 1.165) is 0 Å². The van der Waals surface area contributed by atoms with Gasteiger partial charge in [0.2, 0.25) is 6.79 Å². The van der Waals surface area contributed by atoms with Gasteiger partial charge in [-0.25, -0.2) is 0 Å². The Morgan fingerprint density at radius 1 is 1.29 bits per heavy atom. The first kappa shape index (κ1) is 9.89. The number of H-pyrrole nitrogens is 1. The first-order chi connectivity index (χ1) is 8.16. The largest absolute Gasteiger partial charge is 0.454 e. The second-order valence-corrected chi connectivity index (χ2v) is 3.84. The minimum Gasteiger partial charge on any atom is -0.454 e. The number of pyridine rings is 1. The minimum absolute atomic E-state index is 0.149. The summed E-state index contributed by atoms with van der Waals surface area (Å²) in [6.45, 7) is 1.52. The van der Waals surface area contributed by atoms with Crippen LogP contribution in [0.4, 0.5) is 0 Å². The van der Waals surface area contributed by atoms with Crippen LogP contribution in [0.25, 0.3) is 10.9 Å². The number of hydrogen-bond acceptors (Lipinski definition) is 4. The van der Waals surface area contributed by atoms with Crippen LogP contribution in [0.15, 0.2) is 23.1 Å². The predicted molar refractivity (Wildman–Crippen MR) is 60.7 cm³/mol. The Balaban J connectivity index is 2.37. The molecule has 2 heterocycles. The smallest absolute Gasteiger partial charge is 0.231 e. The van der Waals surface area contributed by atoms with Gasteiger partial charge < -0.3 is 14.5 Å². The van der Waals surface area contributed by atoms with Gasteiger partial charge in [0.25, 0.3) is 0 Å². The maximum atomic E-state index is 12.0. The summed E-state index contributed by atoms with van der Waals surface area (Å²) < 4.78 is 10.4. The molecule has 0 amide bonds. The molecule has 0 unspecified atom stereocenters. The van der Waals surface area contributed by atoms with E-state index in [2.05, 4.69) is 4.98 Å².